The molecule has 0 saturated carbocycles. The minimum Gasteiger partial charge on any atom is -0.321 e. The monoisotopic (exact) mass is 562 g/mol. The number of carbonyl (C=O) groups excluding carboxylic acids is 3. The van der Waals surface area contributed by atoms with Crippen LogP contribution in [0.2, 0.25) is 10.0 Å². The molecule has 0 fully saturated rings. The van der Waals surface area contributed by atoms with E-state index in [1.54, 1.807) is 18.2 Å². The van der Waals surface area contributed by atoms with Gasteiger partial charge in [-0.3, -0.25) is 19.8 Å². The van der Waals surface area contributed by atoms with Crippen molar-refractivity contribution in [3.05, 3.63) is 92.8 Å². The van der Waals surface area contributed by atoms with Gasteiger partial charge in [0.25, 0.3) is 5.91 Å². The van der Waals surface area contributed by atoms with Crippen LogP contribution in [0.1, 0.15) is 10.5 Å². The van der Waals surface area contributed by atoms with E-state index in [4.69, 9.17) is 23.2 Å². The molecule has 0 bridgehead atoms. The summed E-state index contributed by atoms with van der Waals surface area (Å²) in [5.74, 6) is -3.51. The Balaban J connectivity index is 1.65. The summed E-state index contributed by atoms with van der Waals surface area (Å²) in [4.78, 5) is 38.1. The average Bonchev–Trinajstić information content (AvgIpc) is 3.12. The summed E-state index contributed by atoms with van der Waals surface area (Å²) in [6.07, 6.45) is 0. The van der Waals surface area contributed by atoms with Gasteiger partial charge in [0.1, 0.15) is 11.5 Å². The van der Waals surface area contributed by atoms with Gasteiger partial charge in [-0.15, -0.1) is 0 Å². The number of halogens is 4. The summed E-state index contributed by atoms with van der Waals surface area (Å²) in [6.45, 7) is 0. The lowest BCUT2D eigenvalue weighted by atomic mass is 10.2. The van der Waals surface area contributed by atoms with Gasteiger partial charge in [-0.05, 0) is 54.6 Å². The van der Waals surface area contributed by atoms with Crippen molar-refractivity contribution in [1.82, 2.24) is 4.68 Å². The Bertz CT molecular complexity index is 1440. The van der Waals surface area contributed by atoms with E-state index in [-0.39, 0.29) is 11.4 Å². The van der Waals surface area contributed by atoms with Crippen molar-refractivity contribution < 1.29 is 18.8 Å². The van der Waals surface area contributed by atoms with Gasteiger partial charge in [-0.2, -0.15) is 0 Å². The molecular formula is C23H14BrCl2FN4O3. The molecule has 0 unspecified atom stereocenters. The summed E-state index contributed by atoms with van der Waals surface area (Å²) in [6, 6.07) is 16.6. The largest absolute Gasteiger partial charge is 0.328 e. The third kappa shape index (κ3) is 5.22. The molecule has 1 heterocycles. The number of nitrogens with zero attached hydrogens (tertiary/aromatic N) is 1. The lowest BCUT2D eigenvalue weighted by Gasteiger charge is -2.13. The van der Waals surface area contributed by atoms with Gasteiger partial charge in [-0.25, -0.2) is 9.07 Å². The molecule has 0 atom stereocenters. The molecule has 34 heavy (non-hydrogen) atoms. The zero-order valence-electron chi connectivity index (χ0n) is 17.0. The second-order valence-corrected chi connectivity index (χ2v) is 8.84. The molecule has 172 valence electrons. The SMILES string of the molecule is O=C(Nc1ccccc1F)C(=O)Nn1c(C(=O)Nc2cc(Cl)cc(Cl)c2)cc2cc(Br)ccc21. The zero-order valence-corrected chi connectivity index (χ0v) is 20.1. The van der Waals surface area contributed by atoms with Crippen molar-refractivity contribution in [3.63, 3.8) is 0 Å². The van der Waals surface area contributed by atoms with Crippen molar-refractivity contribution in [1.29, 1.82) is 0 Å². The minimum absolute atomic E-state index is 0.0243. The summed E-state index contributed by atoms with van der Waals surface area (Å²) in [7, 11) is 0. The highest BCUT2D eigenvalue weighted by atomic mass is 79.9. The topological polar surface area (TPSA) is 92.2 Å². The van der Waals surface area contributed by atoms with Crippen LogP contribution in [0.3, 0.4) is 0 Å². The Morgan fingerprint density at radius 3 is 2.26 bits per heavy atom. The molecule has 0 spiro atoms. The number of carbonyl (C=O) groups is 3. The highest BCUT2D eigenvalue weighted by Gasteiger charge is 2.22. The normalized spacial score (nSPS) is 10.7. The first-order valence-corrected chi connectivity index (χ1v) is 11.2. The van der Waals surface area contributed by atoms with Crippen LogP contribution in [0.5, 0.6) is 0 Å². The van der Waals surface area contributed by atoms with Gasteiger partial charge in [0, 0.05) is 25.6 Å². The van der Waals surface area contributed by atoms with Crippen molar-refractivity contribution in [3.8, 4) is 0 Å². The van der Waals surface area contributed by atoms with Crippen LogP contribution >= 0.6 is 39.1 Å². The number of benzene rings is 3. The third-order valence-corrected chi connectivity index (χ3v) is 5.59. The van der Waals surface area contributed by atoms with E-state index < -0.39 is 23.5 Å². The molecule has 4 aromatic rings. The number of fused-ring (bicyclic) bond motifs is 1. The molecule has 0 aliphatic carbocycles. The molecule has 0 saturated heterocycles. The molecule has 0 radical (unpaired) electrons. The Hall–Kier alpha value is -3.40. The summed E-state index contributed by atoms with van der Waals surface area (Å²) in [5, 5.41) is 6.13. The lowest BCUT2D eigenvalue weighted by molar-refractivity contribution is -0.133. The van der Waals surface area contributed by atoms with Crippen molar-refractivity contribution in [2.24, 2.45) is 0 Å². The van der Waals surface area contributed by atoms with E-state index in [9.17, 15) is 18.8 Å². The Labute approximate surface area is 210 Å². The molecule has 0 aliphatic heterocycles. The fourth-order valence-electron chi connectivity index (χ4n) is 3.19. The number of rotatable bonds is 4. The predicted octanol–water partition coefficient (Wildman–Crippen LogP) is 5.81. The Morgan fingerprint density at radius 2 is 1.56 bits per heavy atom. The molecule has 3 amide bonds. The third-order valence-electron chi connectivity index (χ3n) is 4.66. The maximum Gasteiger partial charge on any atom is 0.328 e. The average molecular weight is 564 g/mol. The van der Waals surface area contributed by atoms with Crippen LogP contribution in [0.25, 0.3) is 10.9 Å². The number of hydrogen-bond acceptors (Lipinski definition) is 3. The maximum absolute atomic E-state index is 13.8. The number of aromatic nitrogens is 1. The standard InChI is InChI=1S/C23H14BrCl2FN4O3/c24-13-5-6-19-12(7-13)8-20(21(32)28-16-10-14(25)9-15(26)11-16)31(19)30-23(34)22(33)29-18-4-2-1-3-17(18)27/h1-11H,(H,28,32)(H,29,33)(H,30,34). The first kappa shape index (κ1) is 23.7. The molecule has 1 aromatic heterocycles. The molecular weight excluding hydrogens is 550 g/mol. The number of amides is 3. The zero-order chi connectivity index (χ0) is 24.4. The van der Waals surface area contributed by atoms with E-state index in [0.29, 0.717) is 26.6 Å². The van der Waals surface area contributed by atoms with E-state index >= 15 is 0 Å². The van der Waals surface area contributed by atoms with E-state index in [2.05, 4.69) is 32.0 Å². The molecule has 7 nitrogen and oxygen atoms in total. The van der Waals surface area contributed by atoms with E-state index in [1.165, 1.54) is 47.1 Å². The lowest BCUT2D eigenvalue weighted by Crippen LogP contribution is -2.36. The fraction of sp³-hybridized carbons (Fsp3) is 0. The summed E-state index contributed by atoms with van der Waals surface area (Å²) < 4.78 is 15.8. The van der Waals surface area contributed by atoms with Crippen molar-refractivity contribution in [2.75, 3.05) is 16.1 Å². The van der Waals surface area contributed by atoms with Crippen LogP contribution < -0.4 is 16.1 Å². The second-order valence-electron chi connectivity index (χ2n) is 7.06. The molecule has 11 heteroatoms. The predicted molar refractivity (Wildman–Crippen MR) is 133 cm³/mol. The van der Waals surface area contributed by atoms with Gasteiger partial charge in [0.05, 0.1) is 11.2 Å². The van der Waals surface area contributed by atoms with Crippen LogP contribution in [0.4, 0.5) is 15.8 Å². The minimum atomic E-state index is -1.11. The summed E-state index contributed by atoms with van der Waals surface area (Å²) >= 11 is 15.4. The molecule has 3 N–H and O–H groups in total. The molecule has 4 rings (SSSR count). The molecule has 0 aliphatic rings. The second kappa shape index (κ2) is 9.84. The van der Waals surface area contributed by atoms with Crippen LogP contribution in [0, 0.1) is 5.82 Å². The van der Waals surface area contributed by atoms with Crippen molar-refractivity contribution >= 4 is 79.1 Å². The molecule has 3 aromatic carbocycles. The smallest absolute Gasteiger partial charge is 0.321 e. The van der Waals surface area contributed by atoms with Gasteiger partial charge < -0.3 is 10.6 Å². The number of hydrogen-bond donors (Lipinski definition) is 3. The van der Waals surface area contributed by atoms with Gasteiger partial charge in [0.2, 0.25) is 0 Å². The van der Waals surface area contributed by atoms with E-state index in [0.717, 1.165) is 10.5 Å². The van der Waals surface area contributed by atoms with Crippen LogP contribution in [-0.2, 0) is 9.59 Å². The number of anilines is 2. The Kier molecular flexibility index (Phi) is 6.87. The van der Waals surface area contributed by atoms with E-state index in [1.807, 2.05) is 0 Å². The van der Waals surface area contributed by atoms with Gasteiger partial charge >= 0.3 is 11.8 Å². The first-order valence-electron chi connectivity index (χ1n) is 9.66. The number of para-hydroxylation sites is 1. The summed E-state index contributed by atoms with van der Waals surface area (Å²) in [5.41, 5.74) is 3.05. The van der Waals surface area contributed by atoms with Crippen molar-refractivity contribution in [2.45, 2.75) is 0 Å². The number of nitrogens with one attached hydrogen (secondary N) is 3. The first-order chi connectivity index (χ1) is 16.2. The van der Waals surface area contributed by atoms with Gasteiger partial charge in [-0.1, -0.05) is 51.3 Å². The fourth-order valence-corrected chi connectivity index (χ4v) is 4.09. The highest BCUT2D eigenvalue weighted by Crippen LogP contribution is 2.26. The van der Waals surface area contributed by atoms with Crippen LogP contribution in [0.15, 0.2) is 71.2 Å². The Morgan fingerprint density at radius 1 is 0.853 bits per heavy atom. The van der Waals surface area contributed by atoms with Gasteiger partial charge in [0.15, 0.2) is 0 Å². The highest BCUT2D eigenvalue weighted by molar-refractivity contribution is 9.10. The van der Waals surface area contributed by atoms with Crippen LogP contribution in [-0.4, -0.2) is 22.4 Å². The quantitative estimate of drug-likeness (QED) is 0.274. The maximum atomic E-state index is 13.8.